The monoisotopic (exact) mass is 431 g/mol. The smallest absolute Gasteiger partial charge is 0.235 e. The molecule has 5 unspecified atom stereocenters. The molecule has 0 spiro atoms. The highest BCUT2D eigenvalue weighted by molar-refractivity contribution is 6.13. The van der Waals surface area contributed by atoms with Crippen LogP contribution in [0.3, 0.4) is 0 Å². The molecule has 0 N–H and O–H groups in total. The quantitative estimate of drug-likeness (QED) is 0.691. The molecule has 0 radical (unpaired) electrons. The van der Waals surface area contributed by atoms with Gasteiger partial charge in [-0.2, -0.15) is 0 Å². The predicted molar refractivity (Wildman–Crippen MR) is 124 cm³/mol. The number of fused-ring (bicyclic) bond motifs is 7. The van der Waals surface area contributed by atoms with Crippen LogP contribution in [0, 0.1) is 17.3 Å². The van der Waals surface area contributed by atoms with Crippen molar-refractivity contribution >= 4 is 40.3 Å². The van der Waals surface area contributed by atoms with Crippen molar-refractivity contribution in [2.75, 3.05) is 4.90 Å². The molecule has 5 atom stereocenters. The van der Waals surface area contributed by atoms with Crippen molar-refractivity contribution < 1.29 is 14.4 Å². The summed E-state index contributed by atoms with van der Waals surface area (Å²) in [6.45, 7) is 9.52. The van der Waals surface area contributed by atoms with E-state index in [1.807, 2.05) is 75.9 Å². The SMILES string of the molecule is CCC(C)N1C(=O)C2C(C1=O)C(C(=O)C(C)(C)C)N1c3c(ccc4cccnc34)C=CC21. The molecule has 3 aliphatic rings. The van der Waals surface area contributed by atoms with E-state index in [0.717, 1.165) is 22.2 Å². The van der Waals surface area contributed by atoms with Crippen molar-refractivity contribution in [1.82, 2.24) is 9.88 Å². The second-order valence-electron chi connectivity index (χ2n) is 10.2. The van der Waals surface area contributed by atoms with Crippen LogP contribution in [0.4, 0.5) is 5.69 Å². The number of anilines is 1. The fourth-order valence-electron chi connectivity index (χ4n) is 5.56. The summed E-state index contributed by atoms with van der Waals surface area (Å²) < 4.78 is 0. The van der Waals surface area contributed by atoms with Gasteiger partial charge in [-0.05, 0) is 25.0 Å². The fraction of sp³-hybridized carbons (Fsp3) is 0.462. The van der Waals surface area contributed by atoms with Crippen molar-refractivity contribution in [3.8, 4) is 0 Å². The lowest BCUT2D eigenvalue weighted by molar-refractivity contribution is -0.144. The van der Waals surface area contributed by atoms with Gasteiger partial charge in [-0.1, -0.05) is 58.0 Å². The summed E-state index contributed by atoms with van der Waals surface area (Å²) in [4.78, 5) is 49.1. The van der Waals surface area contributed by atoms with E-state index in [4.69, 9.17) is 0 Å². The van der Waals surface area contributed by atoms with Crippen molar-refractivity contribution in [2.45, 2.75) is 59.2 Å². The van der Waals surface area contributed by atoms with E-state index in [-0.39, 0.29) is 29.7 Å². The summed E-state index contributed by atoms with van der Waals surface area (Å²) >= 11 is 0. The molecule has 166 valence electrons. The van der Waals surface area contributed by atoms with Crippen LogP contribution in [0.2, 0.25) is 0 Å². The highest BCUT2D eigenvalue weighted by Crippen LogP contribution is 2.51. The molecule has 0 bridgehead atoms. The number of hydrogen-bond donors (Lipinski definition) is 0. The Bertz CT molecular complexity index is 1180. The number of pyridine rings is 1. The predicted octanol–water partition coefficient (Wildman–Crippen LogP) is 3.83. The van der Waals surface area contributed by atoms with Crippen LogP contribution in [0.5, 0.6) is 0 Å². The van der Waals surface area contributed by atoms with E-state index in [1.54, 1.807) is 6.20 Å². The third kappa shape index (κ3) is 2.71. The summed E-state index contributed by atoms with van der Waals surface area (Å²) in [7, 11) is 0. The number of benzene rings is 1. The van der Waals surface area contributed by atoms with E-state index in [2.05, 4.69) is 4.98 Å². The van der Waals surface area contributed by atoms with Crippen LogP contribution < -0.4 is 4.90 Å². The van der Waals surface area contributed by atoms with Crippen LogP contribution in [-0.2, 0) is 14.4 Å². The molecule has 1 aromatic heterocycles. The summed E-state index contributed by atoms with van der Waals surface area (Å²) in [5.74, 6) is -1.63. The lowest BCUT2D eigenvalue weighted by Crippen LogP contribution is -2.52. The summed E-state index contributed by atoms with van der Waals surface area (Å²) in [5, 5.41) is 0.971. The largest absolute Gasteiger partial charge is 0.351 e. The molecule has 5 rings (SSSR count). The number of amides is 2. The van der Waals surface area contributed by atoms with E-state index in [1.165, 1.54) is 4.90 Å². The minimum atomic E-state index is -0.702. The van der Waals surface area contributed by atoms with Crippen LogP contribution >= 0.6 is 0 Å². The van der Waals surface area contributed by atoms with Crippen LogP contribution in [0.15, 0.2) is 36.5 Å². The van der Waals surface area contributed by atoms with Gasteiger partial charge in [0.25, 0.3) is 0 Å². The van der Waals surface area contributed by atoms with Gasteiger partial charge in [-0.3, -0.25) is 24.3 Å². The molecule has 4 heterocycles. The Hall–Kier alpha value is -3.02. The molecule has 3 aliphatic heterocycles. The molecule has 32 heavy (non-hydrogen) atoms. The maximum atomic E-state index is 13.8. The molecule has 0 aliphatic carbocycles. The second kappa shape index (κ2) is 6.99. The summed E-state index contributed by atoms with van der Waals surface area (Å²) in [6.07, 6.45) is 6.44. The number of carbonyl (C=O) groups excluding carboxylic acids is 3. The first kappa shape index (κ1) is 20.9. The van der Waals surface area contributed by atoms with Crippen molar-refractivity contribution in [1.29, 1.82) is 0 Å². The first-order valence-electron chi connectivity index (χ1n) is 11.4. The second-order valence-corrected chi connectivity index (χ2v) is 10.2. The van der Waals surface area contributed by atoms with Crippen LogP contribution in [0.1, 0.15) is 46.6 Å². The van der Waals surface area contributed by atoms with Gasteiger partial charge in [0.1, 0.15) is 6.04 Å². The van der Waals surface area contributed by atoms with Gasteiger partial charge in [0.2, 0.25) is 11.8 Å². The molecule has 0 saturated carbocycles. The van der Waals surface area contributed by atoms with Crippen molar-refractivity contribution in [2.24, 2.45) is 17.3 Å². The first-order chi connectivity index (χ1) is 15.2. The summed E-state index contributed by atoms with van der Waals surface area (Å²) in [5.41, 5.74) is 1.95. The van der Waals surface area contributed by atoms with Gasteiger partial charge < -0.3 is 4.90 Å². The lowest BCUT2D eigenvalue weighted by atomic mass is 9.79. The normalized spacial score (nSPS) is 27.5. The standard InChI is InChI=1S/C26H29N3O3/c1-6-14(2)28-24(31)18-17-12-11-16-10-9-15-8-7-13-27-20(15)21(16)29(17)22(19(18)25(28)32)23(30)26(3,4)5/h7-14,17-19,22H,6H2,1-5H3. The lowest BCUT2D eigenvalue weighted by Gasteiger charge is -2.39. The molecule has 2 fully saturated rings. The van der Waals surface area contributed by atoms with Gasteiger partial charge in [0.05, 0.1) is 29.1 Å². The summed E-state index contributed by atoms with van der Waals surface area (Å²) in [6, 6.07) is 6.70. The highest BCUT2D eigenvalue weighted by Gasteiger charge is 2.65. The molecule has 2 aromatic rings. The number of nitrogens with zero attached hydrogens (tertiary/aromatic N) is 3. The van der Waals surface area contributed by atoms with Gasteiger partial charge in [-0.25, -0.2) is 0 Å². The van der Waals surface area contributed by atoms with Crippen molar-refractivity contribution in [3.63, 3.8) is 0 Å². The zero-order chi connectivity index (χ0) is 22.9. The highest BCUT2D eigenvalue weighted by atomic mass is 16.2. The fourth-order valence-corrected chi connectivity index (χ4v) is 5.56. The number of ketones is 1. The van der Waals surface area contributed by atoms with E-state index in [9.17, 15) is 14.4 Å². The molecule has 6 heteroatoms. The maximum Gasteiger partial charge on any atom is 0.235 e. The van der Waals surface area contributed by atoms with Gasteiger partial charge in [0, 0.05) is 23.0 Å². The number of likely N-dealkylation sites (tertiary alicyclic amines) is 1. The van der Waals surface area contributed by atoms with Crippen molar-refractivity contribution in [3.05, 3.63) is 42.1 Å². The third-order valence-electron chi connectivity index (χ3n) is 7.31. The van der Waals surface area contributed by atoms with Gasteiger partial charge >= 0.3 is 0 Å². The molecular weight excluding hydrogens is 402 g/mol. The Morgan fingerprint density at radius 3 is 2.53 bits per heavy atom. The van der Waals surface area contributed by atoms with Crippen LogP contribution in [-0.4, -0.2) is 45.6 Å². The minimum absolute atomic E-state index is 0.0173. The molecule has 2 saturated heterocycles. The van der Waals surface area contributed by atoms with Gasteiger partial charge in [0.15, 0.2) is 5.78 Å². The third-order valence-corrected chi connectivity index (χ3v) is 7.31. The Kier molecular flexibility index (Phi) is 4.56. The van der Waals surface area contributed by atoms with E-state index < -0.39 is 23.3 Å². The Balaban J connectivity index is 1.74. The zero-order valence-corrected chi connectivity index (χ0v) is 19.2. The number of Topliss-reactive ketones (excluding diaryl/α,β-unsaturated/α-hetero) is 1. The van der Waals surface area contributed by atoms with Gasteiger partial charge in [-0.15, -0.1) is 0 Å². The number of imide groups is 1. The van der Waals surface area contributed by atoms with Crippen LogP contribution in [0.25, 0.3) is 17.0 Å². The Morgan fingerprint density at radius 2 is 1.84 bits per heavy atom. The molecule has 6 nitrogen and oxygen atoms in total. The maximum absolute atomic E-state index is 13.8. The Morgan fingerprint density at radius 1 is 1.12 bits per heavy atom. The number of aromatic nitrogens is 1. The van der Waals surface area contributed by atoms with E-state index in [0.29, 0.717) is 6.42 Å². The molecule has 2 amide bonds. The zero-order valence-electron chi connectivity index (χ0n) is 19.2. The average Bonchev–Trinajstić information content (AvgIpc) is 3.24. The number of hydrogen-bond acceptors (Lipinski definition) is 5. The average molecular weight is 432 g/mol. The Labute approximate surface area is 188 Å². The number of carbonyl (C=O) groups is 3. The minimum Gasteiger partial charge on any atom is -0.351 e. The van der Waals surface area contributed by atoms with E-state index >= 15 is 0 Å². The molecule has 1 aromatic carbocycles. The topological polar surface area (TPSA) is 70.6 Å². The number of rotatable bonds is 3. The molecular formula is C26H29N3O3. The first-order valence-corrected chi connectivity index (χ1v) is 11.4.